The van der Waals surface area contributed by atoms with Gasteiger partial charge in [-0.1, -0.05) is 55.2 Å². The molecule has 5 aromatic carbocycles. The molecule has 134 heavy (non-hydrogen) atoms. The van der Waals surface area contributed by atoms with Gasteiger partial charge in [-0.3, -0.25) is 52.8 Å². The Kier molecular flexibility index (Phi) is 32.7. The molecule has 47 nitrogen and oxygen atoms in total. The molecule has 5 aromatic rings. The van der Waals surface area contributed by atoms with Crippen LogP contribution in [-0.2, 0) is 90.7 Å². The maximum absolute atomic E-state index is 16.6. The fourth-order valence-corrected chi connectivity index (χ4v) is 16.3. The molecule has 3 fully saturated rings. The van der Waals surface area contributed by atoms with E-state index in [1.807, 2.05) is 5.32 Å². The molecule has 25 unspecified atom stereocenters. The highest BCUT2D eigenvalue weighted by Gasteiger charge is 2.53. The second-order valence-electron chi connectivity index (χ2n) is 34.1. The van der Waals surface area contributed by atoms with Crippen molar-refractivity contribution in [2.45, 2.75) is 239 Å². The van der Waals surface area contributed by atoms with Crippen molar-refractivity contribution < 1.29 is 166 Å². The summed E-state index contributed by atoms with van der Waals surface area (Å²) >= 11 is 14.6. The number of primary amides is 1. The molecule has 3 saturated heterocycles. The predicted molar refractivity (Wildman–Crippen MR) is 457 cm³/mol. The topological polar surface area (TPSA) is 740 Å². The first kappa shape index (κ1) is 103. The minimum atomic E-state index is -2.51. The number of amides is 10. The van der Waals surface area contributed by atoms with E-state index in [1.54, 1.807) is 13.8 Å². The van der Waals surface area contributed by atoms with Gasteiger partial charge in [-0.2, -0.15) is 0 Å². The lowest BCUT2D eigenvalue weighted by Gasteiger charge is -2.47. The van der Waals surface area contributed by atoms with Crippen LogP contribution in [0.25, 0.3) is 11.1 Å². The maximum Gasteiger partial charge on any atom is 0.413 e. The molecule has 27 N–H and O–H groups in total. The third-order valence-electron chi connectivity index (χ3n) is 23.1. The van der Waals surface area contributed by atoms with Crippen LogP contribution in [0.1, 0.15) is 145 Å². The summed E-state index contributed by atoms with van der Waals surface area (Å²) in [5.41, 5.74) is 18.6. The fraction of sp³-hybridized carbons (Fsp3) is 0.494. The normalized spacial score (nSPS) is 29.1. The van der Waals surface area contributed by atoms with Gasteiger partial charge in [-0.15, -0.1) is 0 Å². The number of hydrogen-bond donors (Lipinski definition) is 23. The number of fused-ring (bicyclic) bond motifs is 15. The third kappa shape index (κ3) is 23.7. The number of carbonyl (C=O) groups is 13. The van der Waals surface area contributed by atoms with Crippen molar-refractivity contribution in [2.75, 3.05) is 20.4 Å². The number of benzene rings is 5. The molecule has 11 bridgehead atoms. The maximum atomic E-state index is 16.6. The number of aliphatic hydroxyl groups excluding tert-OH is 7. The van der Waals surface area contributed by atoms with Crippen LogP contribution < -0.4 is 79.7 Å². The predicted octanol–water partition coefficient (Wildman–Crippen LogP) is -2.06. The van der Waals surface area contributed by atoms with Crippen LogP contribution in [0.5, 0.6) is 46.0 Å². The highest BCUT2D eigenvalue weighted by atomic mass is 35.5. The fourth-order valence-electron chi connectivity index (χ4n) is 15.9. The number of carbonyl (C=O) groups excluding carboxylic acids is 12. The van der Waals surface area contributed by atoms with Crippen LogP contribution >= 0.6 is 23.2 Å². The summed E-state index contributed by atoms with van der Waals surface area (Å²) in [5.74, 6) is -21.3. The first-order chi connectivity index (χ1) is 63.0. The van der Waals surface area contributed by atoms with Gasteiger partial charge in [0.1, 0.15) is 102 Å². The first-order valence-electron chi connectivity index (χ1n) is 41.9. The number of aldehydes is 1. The quantitative estimate of drug-likeness (QED) is 0.0170. The molecule has 0 aromatic heterocycles. The number of esters is 1. The molecule has 8 aliphatic rings. The number of aliphatic hydroxyl groups is 7. The van der Waals surface area contributed by atoms with E-state index in [2.05, 4.69) is 37.2 Å². The smallest absolute Gasteiger partial charge is 0.413 e. The second kappa shape index (κ2) is 42.7. The number of phenols is 3. The van der Waals surface area contributed by atoms with E-state index in [-0.39, 0.29) is 36.7 Å². The number of carboxylic acid groups (broad SMARTS) is 1. The molecular formula is C85H105Cl2N13O34. The zero-order valence-electron chi connectivity index (χ0n) is 72.9. The van der Waals surface area contributed by atoms with E-state index >= 15 is 28.8 Å². The van der Waals surface area contributed by atoms with Gasteiger partial charge in [0.05, 0.1) is 53.5 Å². The van der Waals surface area contributed by atoms with Crippen molar-refractivity contribution in [2.24, 2.45) is 28.9 Å². The molecule has 8 aliphatic heterocycles. The van der Waals surface area contributed by atoms with Gasteiger partial charge in [-0.05, 0) is 130 Å². The number of nitrogens with two attached hydrogens (primary N) is 4. The van der Waals surface area contributed by atoms with Gasteiger partial charge in [0, 0.05) is 60.1 Å². The minimum Gasteiger partial charge on any atom is -0.508 e. The van der Waals surface area contributed by atoms with E-state index < -0.39 is 345 Å². The SMILES string of the molecule is CC(C)CC(C(=O)NC1C(=O)NC(CC(N)=O)C(=O)NC2C(=O)NC3C(=O)NC(C(=O)NC(C(=O)O)c4cc(O)cc(O)c4-c4cc3ccc4O)C(OC3CC(C)(N)C(O)C(C)O3)c3ccc(c(Cl)c3)Oc3cc2cc(c3OC2OC(CO)C(O)C(O)C2OC2CC(C)(N)C(O)C(C)O2)Oc2ccc(cc2Cl)C1O)N(C)C(=O)OCOC(=O)C(C)NC(=O)C(N)CCC(=O)NC(O)C=O. The van der Waals surface area contributed by atoms with Gasteiger partial charge in [0.15, 0.2) is 48.7 Å². The van der Waals surface area contributed by atoms with Gasteiger partial charge in [-0.25, -0.2) is 14.4 Å². The van der Waals surface area contributed by atoms with Crippen LogP contribution in [0.4, 0.5) is 4.79 Å². The number of ether oxygens (including phenoxy) is 10. The van der Waals surface area contributed by atoms with E-state index in [0.29, 0.717) is 4.90 Å². The van der Waals surface area contributed by atoms with Crippen LogP contribution in [0.15, 0.2) is 78.9 Å². The Morgan fingerprint density at radius 2 is 1.25 bits per heavy atom. The summed E-state index contributed by atoms with van der Waals surface area (Å²) in [6.07, 6.45) is -28.5. The number of phenolic OH excluding ortho intramolecular Hbond substituents is 3. The van der Waals surface area contributed by atoms with E-state index in [1.165, 1.54) is 33.8 Å². The van der Waals surface area contributed by atoms with Gasteiger partial charge in [0.2, 0.25) is 72.0 Å². The van der Waals surface area contributed by atoms with Crippen molar-refractivity contribution in [1.29, 1.82) is 0 Å². The molecule has 0 radical (unpaired) electrons. The summed E-state index contributed by atoms with van der Waals surface area (Å²) in [7, 11) is 1.05. The molecule has 10 amide bonds. The Morgan fingerprint density at radius 3 is 1.84 bits per heavy atom. The van der Waals surface area contributed by atoms with E-state index in [0.717, 1.165) is 86.8 Å². The molecule has 0 spiro atoms. The summed E-state index contributed by atoms with van der Waals surface area (Å²) in [4.78, 5) is 186. The van der Waals surface area contributed by atoms with Crippen molar-refractivity contribution >= 4 is 101 Å². The lowest BCUT2D eigenvalue weighted by Crippen LogP contribution is -2.64. The summed E-state index contributed by atoms with van der Waals surface area (Å²) in [6.45, 7) is 7.96. The summed E-state index contributed by atoms with van der Waals surface area (Å²) in [6, 6.07) is -5.79. The van der Waals surface area contributed by atoms with Crippen molar-refractivity contribution in [3.8, 4) is 57.1 Å². The number of nitrogens with zero attached hydrogens (tertiary/aromatic N) is 1. The molecular weight excluding hydrogens is 1820 g/mol. The Labute approximate surface area is 772 Å². The number of likely N-dealkylation sites (N-methyl/N-ethyl adjacent to an activating group) is 1. The molecule has 728 valence electrons. The Morgan fingerprint density at radius 1 is 0.672 bits per heavy atom. The zero-order chi connectivity index (χ0) is 98.5. The van der Waals surface area contributed by atoms with Crippen molar-refractivity contribution in [3.63, 3.8) is 0 Å². The summed E-state index contributed by atoms with van der Waals surface area (Å²) < 4.78 is 62.0. The van der Waals surface area contributed by atoms with E-state index in [4.69, 9.17) is 93.5 Å². The highest BCUT2D eigenvalue weighted by molar-refractivity contribution is 6.32. The van der Waals surface area contributed by atoms with Gasteiger partial charge in [0.25, 0.3) is 0 Å². The third-order valence-corrected chi connectivity index (χ3v) is 23.7. The van der Waals surface area contributed by atoms with Crippen LogP contribution in [-0.4, -0.2) is 280 Å². The number of aliphatic carboxylic acids is 1. The average Bonchev–Trinajstić information content (AvgIpc) is 0.761. The van der Waals surface area contributed by atoms with Crippen LogP contribution in [0.3, 0.4) is 0 Å². The van der Waals surface area contributed by atoms with Crippen molar-refractivity contribution in [3.05, 3.63) is 117 Å². The standard InChI is InChI=1S/C85H105Cl2N13O34/c1-31(2)17-46(100(8)83(124)126-30-125-81(123)32(3)92-73(114)44(88)12-16-55(107)94-56(108)29-102)75(116)98-63-65(109)36-10-14-49(42(86)19-36)129-51-21-38-22-52(69(51)134-82-70(67(111)66(110)53(28-101)131-82)133-58-27-85(7,91)72(113)34(5)128-58)130-50-15-11-37(20-43(50)87)68(132-57-26-84(6,90)71(112)33(4)127-57)64-79(120)97-62(80(121)122)41-23-39(103)24-48(105)59(41)40-18-35(9-13-47(40)104)60(76(117)99-64)96-77(118)61(38)95-74(115)45(25-54(89)106)93-78(63)119/h9-11,13-15,18-24,29,31-34,44-46,53,56-58,60-68,70-72,82,101,103-105,108-113H,12,16-17,25-28,30,88,90-91H2,1-8H3,(H2,89,106)(H,92,114)(H,93,119)(H,94,107)(H,95,115)(H,96,118)(H,97,120)(H,98,116)(H,99,117)(H,121,122). The summed E-state index contributed by atoms with van der Waals surface area (Å²) in [5, 5.41) is 143. The Balaban J connectivity index is 1.07. The number of carboxylic acids is 1. The molecule has 8 heterocycles. The largest absolute Gasteiger partial charge is 0.508 e. The highest BCUT2D eigenvalue weighted by Crippen LogP contribution is 2.51. The van der Waals surface area contributed by atoms with Crippen LogP contribution in [0, 0.1) is 5.92 Å². The Hall–Kier alpha value is -12.0. The van der Waals surface area contributed by atoms with Crippen molar-refractivity contribution in [1.82, 2.24) is 47.4 Å². The van der Waals surface area contributed by atoms with Gasteiger partial charge >= 0.3 is 18.0 Å². The lowest BCUT2D eigenvalue weighted by molar-refractivity contribution is -0.333. The molecule has 13 rings (SSSR count). The molecule has 0 saturated carbocycles. The Bertz CT molecular complexity index is 5310. The molecule has 25 atom stereocenters. The number of hydrogen-bond acceptors (Lipinski definition) is 36. The number of halogens is 2. The second-order valence-corrected chi connectivity index (χ2v) is 34.9. The lowest BCUT2D eigenvalue weighted by atomic mass is 9.86. The minimum absolute atomic E-state index is 0.0425. The average molecular weight is 1920 g/mol. The number of aromatic hydroxyl groups is 3. The van der Waals surface area contributed by atoms with Gasteiger partial charge < -0.3 is 169 Å². The monoisotopic (exact) mass is 1920 g/mol. The number of nitrogens with one attached hydrogen (secondary N) is 8. The first-order valence-corrected chi connectivity index (χ1v) is 42.7. The van der Waals surface area contributed by atoms with Crippen LogP contribution in [0.2, 0.25) is 10.0 Å². The zero-order valence-corrected chi connectivity index (χ0v) is 74.4. The molecule has 49 heteroatoms. The number of rotatable bonds is 25. The van der Waals surface area contributed by atoms with E-state index in [9.17, 15) is 89.7 Å². The molecule has 0 aliphatic carbocycles.